The van der Waals surface area contributed by atoms with Crippen molar-refractivity contribution in [1.82, 2.24) is 0 Å². The summed E-state index contributed by atoms with van der Waals surface area (Å²) >= 11 is 3.79. The van der Waals surface area contributed by atoms with Crippen molar-refractivity contribution in [3.63, 3.8) is 0 Å². The Kier molecular flexibility index (Phi) is 9.94. The molecule has 0 bridgehead atoms. The van der Waals surface area contributed by atoms with Gasteiger partial charge in [0.05, 0.1) is 0 Å². The fraction of sp³-hybridized carbons (Fsp3) is 0.0800. The first kappa shape index (κ1) is 34.1. The fourth-order valence-electron chi connectivity index (χ4n) is 7.57. The SMILES string of the molecule is c1cc(CSc2ccccc2NCc2c3ccccc3cc3ccccc23)cc(CSc2ccccc2NCc2c3ccccc3cc3ccccc23)c1. The van der Waals surface area contributed by atoms with E-state index in [1.54, 1.807) is 0 Å². The first-order chi connectivity index (χ1) is 26.8. The quantitative estimate of drug-likeness (QED) is 0.0965. The van der Waals surface area contributed by atoms with Crippen molar-refractivity contribution < 1.29 is 0 Å². The monoisotopic (exact) mass is 732 g/mol. The van der Waals surface area contributed by atoms with E-state index in [1.165, 1.54) is 86.5 Å². The third kappa shape index (κ3) is 7.28. The number of anilines is 2. The number of hydrogen-bond acceptors (Lipinski definition) is 4. The molecule has 9 aromatic carbocycles. The second-order valence-electron chi connectivity index (χ2n) is 13.7. The van der Waals surface area contributed by atoms with Crippen LogP contribution in [-0.2, 0) is 24.6 Å². The molecule has 0 aromatic heterocycles. The van der Waals surface area contributed by atoms with E-state index in [9.17, 15) is 0 Å². The number of fused-ring (bicyclic) bond motifs is 4. The highest BCUT2D eigenvalue weighted by atomic mass is 32.2. The maximum atomic E-state index is 3.81. The fourth-order valence-corrected chi connectivity index (χ4v) is 9.52. The molecule has 0 fully saturated rings. The van der Waals surface area contributed by atoms with E-state index in [-0.39, 0.29) is 0 Å². The highest BCUT2D eigenvalue weighted by molar-refractivity contribution is 7.99. The largest absolute Gasteiger partial charge is 0.380 e. The van der Waals surface area contributed by atoms with Crippen molar-refractivity contribution in [2.45, 2.75) is 34.4 Å². The van der Waals surface area contributed by atoms with Gasteiger partial charge >= 0.3 is 0 Å². The normalized spacial score (nSPS) is 11.4. The zero-order valence-corrected chi connectivity index (χ0v) is 31.6. The predicted octanol–water partition coefficient (Wildman–Crippen LogP) is 14.1. The van der Waals surface area contributed by atoms with Gasteiger partial charge in [-0.15, -0.1) is 23.5 Å². The Balaban J connectivity index is 0.871. The summed E-state index contributed by atoms with van der Waals surface area (Å²) in [5.41, 5.74) is 7.70. The minimum atomic E-state index is 0.765. The van der Waals surface area contributed by atoms with Crippen LogP contribution in [0.15, 0.2) is 192 Å². The lowest BCUT2D eigenvalue weighted by Gasteiger charge is -2.16. The topological polar surface area (TPSA) is 24.1 Å². The molecule has 262 valence electrons. The summed E-state index contributed by atoms with van der Waals surface area (Å²) < 4.78 is 0. The van der Waals surface area contributed by atoms with Crippen molar-refractivity contribution >= 4 is 78.0 Å². The average Bonchev–Trinajstić information content (AvgIpc) is 3.23. The van der Waals surface area contributed by atoms with Gasteiger partial charge in [0.25, 0.3) is 0 Å². The Labute approximate surface area is 325 Å². The van der Waals surface area contributed by atoms with Gasteiger partial charge in [-0.3, -0.25) is 0 Å². The molecule has 4 heteroatoms. The molecule has 2 nitrogen and oxygen atoms in total. The van der Waals surface area contributed by atoms with E-state index in [0.717, 1.165) is 24.6 Å². The average molecular weight is 733 g/mol. The van der Waals surface area contributed by atoms with Crippen molar-refractivity contribution in [3.8, 4) is 0 Å². The van der Waals surface area contributed by atoms with Crippen LogP contribution in [0.2, 0.25) is 0 Å². The minimum Gasteiger partial charge on any atom is -0.380 e. The molecule has 0 radical (unpaired) electrons. The zero-order valence-electron chi connectivity index (χ0n) is 30.0. The Morgan fingerprint density at radius 1 is 0.333 bits per heavy atom. The first-order valence-electron chi connectivity index (χ1n) is 18.5. The highest BCUT2D eigenvalue weighted by Crippen LogP contribution is 2.35. The second kappa shape index (κ2) is 15.7. The van der Waals surface area contributed by atoms with Gasteiger partial charge < -0.3 is 10.6 Å². The molecule has 0 spiro atoms. The third-order valence-corrected chi connectivity index (χ3v) is 12.5. The van der Waals surface area contributed by atoms with E-state index >= 15 is 0 Å². The zero-order chi connectivity index (χ0) is 36.1. The van der Waals surface area contributed by atoms with E-state index in [4.69, 9.17) is 0 Å². The van der Waals surface area contributed by atoms with Gasteiger partial charge in [-0.1, -0.05) is 146 Å². The van der Waals surface area contributed by atoms with Crippen molar-refractivity contribution in [3.05, 3.63) is 204 Å². The van der Waals surface area contributed by atoms with Gasteiger partial charge in [0, 0.05) is 45.8 Å². The van der Waals surface area contributed by atoms with Gasteiger partial charge in [-0.2, -0.15) is 0 Å². The maximum Gasteiger partial charge on any atom is 0.0481 e. The van der Waals surface area contributed by atoms with Crippen LogP contribution in [0.3, 0.4) is 0 Å². The van der Waals surface area contributed by atoms with Crippen LogP contribution in [0, 0.1) is 0 Å². The van der Waals surface area contributed by atoms with Crippen LogP contribution in [0.5, 0.6) is 0 Å². The van der Waals surface area contributed by atoms with Crippen LogP contribution >= 0.6 is 23.5 Å². The Hall–Kier alpha value is -5.68. The highest BCUT2D eigenvalue weighted by Gasteiger charge is 2.12. The molecule has 0 aliphatic rings. The van der Waals surface area contributed by atoms with Gasteiger partial charge in [-0.05, 0) is 102 Å². The molecule has 0 saturated heterocycles. The summed E-state index contributed by atoms with van der Waals surface area (Å²) in [5, 5.41) is 18.0. The summed E-state index contributed by atoms with van der Waals surface area (Å²) in [6.07, 6.45) is 0. The summed E-state index contributed by atoms with van der Waals surface area (Å²) in [5.74, 6) is 1.82. The lowest BCUT2D eigenvalue weighted by atomic mass is 9.97. The Morgan fingerprint density at radius 3 is 1.09 bits per heavy atom. The van der Waals surface area contributed by atoms with E-state index in [2.05, 4.69) is 193 Å². The van der Waals surface area contributed by atoms with Gasteiger partial charge in [0.1, 0.15) is 0 Å². The number of nitrogens with one attached hydrogen (secondary N) is 2. The number of para-hydroxylation sites is 2. The maximum absolute atomic E-state index is 3.81. The van der Waals surface area contributed by atoms with Gasteiger partial charge in [0.2, 0.25) is 0 Å². The number of rotatable bonds is 12. The molecule has 2 N–H and O–H groups in total. The number of benzene rings is 9. The van der Waals surface area contributed by atoms with E-state index in [1.807, 2.05) is 23.5 Å². The van der Waals surface area contributed by atoms with Crippen LogP contribution in [-0.4, -0.2) is 0 Å². The molecule has 0 amide bonds. The van der Waals surface area contributed by atoms with Crippen molar-refractivity contribution in [2.24, 2.45) is 0 Å². The lowest BCUT2D eigenvalue weighted by Crippen LogP contribution is -2.02. The molecular weight excluding hydrogens is 693 g/mol. The molecular formula is C50H40N2S2. The van der Waals surface area contributed by atoms with Crippen LogP contribution < -0.4 is 10.6 Å². The van der Waals surface area contributed by atoms with E-state index in [0.29, 0.717) is 0 Å². The smallest absolute Gasteiger partial charge is 0.0481 e. The molecule has 9 aromatic rings. The van der Waals surface area contributed by atoms with E-state index < -0.39 is 0 Å². The molecule has 0 saturated carbocycles. The predicted molar refractivity (Wildman–Crippen MR) is 236 cm³/mol. The number of hydrogen-bond donors (Lipinski definition) is 2. The standard InChI is InChI=1S/C50H40N2S2/c1-5-20-41-37(16-1)29-38-17-2-6-21-42(38)45(41)31-51-47-24-9-11-26-49(47)53-33-35-14-13-15-36(28-35)34-54-50-27-12-10-25-48(50)52-32-46-43-22-7-3-18-39(43)30-40-19-4-8-23-44(40)46/h1-30,51-52H,31-34H2. The molecule has 9 rings (SSSR count). The Bertz CT molecular complexity index is 2460. The summed E-state index contributed by atoms with van der Waals surface area (Å²) in [6, 6.07) is 66.0. The molecule has 0 heterocycles. The summed E-state index contributed by atoms with van der Waals surface area (Å²) in [4.78, 5) is 2.53. The van der Waals surface area contributed by atoms with Crippen molar-refractivity contribution in [1.29, 1.82) is 0 Å². The molecule has 0 unspecified atom stereocenters. The molecule has 54 heavy (non-hydrogen) atoms. The second-order valence-corrected chi connectivity index (χ2v) is 15.7. The van der Waals surface area contributed by atoms with Crippen molar-refractivity contribution in [2.75, 3.05) is 10.6 Å². The summed E-state index contributed by atoms with van der Waals surface area (Å²) in [7, 11) is 0. The number of thioether (sulfide) groups is 2. The molecule has 0 atom stereocenters. The van der Waals surface area contributed by atoms with Gasteiger partial charge in [-0.25, -0.2) is 0 Å². The lowest BCUT2D eigenvalue weighted by molar-refractivity contribution is 1.16. The minimum absolute atomic E-state index is 0.765. The first-order valence-corrected chi connectivity index (χ1v) is 20.5. The Morgan fingerprint density at radius 2 is 0.685 bits per heavy atom. The molecule has 0 aliphatic carbocycles. The van der Waals surface area contributed by atoms with Crippen LogP contribution in [0.25, 0.3) is 43.1 Å². The van der Waals surface area contributed by atoms with Crippen LogP contribution in [0.4, 0.5) is 11.4 Å². The third-order valence-electron chi connectivity index (χ3n) is 10.2. The molecule has 0 aliphatic heterocycles. The van der Waals surface area contributed by atoms with Crippen LogP contribution in [0.1, 0.15) is 22.3 Å². The van der Waals surface area contributed by atoms with Gasteiger partial charge in [0.15, 0.2) is 0 Å². The summed E-state index contributed by atoms with van der Waals surface area (Å²) in [6.45, 7) is 1.53.